The number of fused-ring (bicyclic) bond motifs is 1. The van der Waals surface area contributed by atoms with E-state index in [9.17, 15) is 0 Å². The maximum atomic E-state index is 4.73. The standard InChI is InChI=1S/C20H21N7/c1-2-8-17(9-3-1)27-20-18(13-24-27)19(22-14-23-20)21-12-15-10-11-26(25-15)16-6-4-5-7-16/h1-3,8-11,13-14,16H,4-7,12H2,(H,21,22,23). The van der Waals surface area contributed by atoms with Crippen LogP contribution in [0.3, 0.4) is 0 Å². The van der Waals surface area contributed by atoms with Gasteiger partial charge in [0.1, 0.15) is 12.1 Å². The molecule has 1 aliphatic carbocycles. The van der Waals surface area contributed by atoms with Crippen LogP contribution in [-0.4, -0.2) is 29.5 Å². The van der Waals surface area contributed by atoms with Gasteiger partial charge in [0.25, 0.3) is 0 Å². The number of nitrogens with zero attached hydrogens (tertiary/aromatic N) is 6. The summed E-state index contributed by atoms with van der Waals surface area (Å²) >= 11 is 0. The average molecular weight is 359 g/mol. The molecule has 0 unspecified atom stereocenters. The third kappa shape index (κ3) is 3.05. The molecule has 1 aliphatic rings. The minimum atomic E-state index is 0.564. The molecular formula is C20H21N7. The van der Waals surface area contributed by atoms with E-state index in [1.165, 1.54) is 25.7 Å². The van der Waals surface area contributed by atoms with E-state index in [4.69, 9.17) is 5.10 Å². The van der Waals surface area contributed by atoms with Gasteiger partial charge in [-0.2, -0.15) is 10.2 Å². The maximum absolute atomic E-state index is 4.73. The minimum Gasteiger partial charge on any atom is -0.364 e. The second kappa shape index (κ2) is 6.83. The van der Waals surface area contributed by atoms with Gasteiger partial charge in [-0.25, -0.2) is 14.6 Å². The molecule has 0 amide bonds. The first-order chi connectivity index (χ1) is 13.4. The summed E-state index contributed by atoms with van der Waals surface area (Å²) < 4.78 is 3.95. The van der Waals surface area contributed by atoms with Crippen LogP contribution in [0.5, 0.6) is 0 Å². The van der Waals surface area contributed by atoms with Crippen LogP contribution in [-0.2, 0) is 6.54 Å². The SMILES string of the molecule is c1ccc(-n2ncc3c(NCc4ccn(C5CCCC5)n4)ncnc32)cc1. The first-order valence-corrected chi connectivity index (χ1v) is 9.40. The Morgan fingerprint density at radius 2 is 1.89 bits per heavy atom. The summed E-state index contributed by atoms with van der Waals surface area (Å²) in [5.74, 6) is 0.776. The molecule has 5 rings (SSSR count). The summed E-state index contributed by atoms with van der Waals surface area (Å²) in [6, 6.07) is 12.6. The van der Waals surface area contributed by atoms with Crippen molar-refractivity contribution >= 4 is 16.9 Å². The van der Waals surface area contributed by atoms with Crippen molar-refractivity contribution in [3.8, 4) is 5.69 Å². The van der Waals surface area contributed by atoms with E-state index >= 15 is 0 Å². The van der Waals surface area contributed by atoms with Crippen molar-refractivity contribution in [2.24, 2.45) is 0 Å². The number of hydrogen-bond donors (Lipinski definition) is 1. The van der Waals surface area contributed by atoms with E-state index in [1.54, 1.807) is 6.33 Å². The molecule has 1 saturated carbocycles. The van der Waals surface area contributed by atoms with Crippen molar-refractivity contribution in [2.75, 3.05) is 5.32 Å². The van der Waals surface area contributed by atoms with Gasteiger partial charge >= 0.3 is 0 Å². The number of anilines is 1. The number of benzene rings is 1. The molecule has 1 aromatic carbocycles. The zero-order chi connectivity index (χ0) is 18.1. The molecule has 3 aromatic heterocycles. The van der Waals surface area contributed by atoms with Gasteiger partial charge in [0.15, 0.2) is 5.65 Å². The highest BCUT2D eigenvalue weighted by Gasteiger charge is 2.17. The summed E-state index contributed by atoms with van der Waals surface area (Å²) in [6.07, 6.45) is 10.6. The number of aromatic nitrogens is 6. The van der Waals surface area contributed by atoms with Crippen molar-refractivity contribution < 1.29 is 0 Å². The number of nitrogens with one attached hydrogen (secondary N) is 1. The van der Waals surface area contributed by atoms with Crippen LogP contribution in [0.15, 0.2) is 55.1 Å². The lowest BCUT2D eigenvalue weighted by molar-refractivity contribution is 0.463. The zero-order valence-corrected chi connectivity index (χ0v) is 15.0. The third-order valence-electron chi connectivity index (χ3n) is 5.17. The smallest absolute Gasteiger partial charge is 0.168 e. The topological polar surface area (TPSA) is 73.5 Å². The summed E-state index contributed by atoms with van der Waals surface area (Å²) in [7, 11) is 0. The molecule has 1 N–H and O–H groups in total. The third-order valence-corrected chi connectivity index (χ3v) is 5.17. The van der Waals surface area contributed by atoms with Crippen LogP contribution in [0.1, 0.15) is 37.4 Å². The Morgan fingerprint density at radius 3 is 2.74 bits per heavy atom. The fourth-order valence-electron chi connectivity index (χ4n) is 3.76. The summed E-state index contributed by atoms with van der Waals surface area (Å²) in [5, 5.41) is 13.5. The molecule has 0 spiro atoms. The first kappa shape index (κ1) is 16.0. The number of hydrogen-bond acceptors (Lipinski definition) is 5. The van der Waals surface area contributed by atoms with Gasteiger partial charge < -0.3 is 5.32 Å². The molecule has 0 aliphatic heterocycles. The molecule has 7 heteroatoms. The van der Waals surface area contributed by atoms with Crippen LogP contribution in [0.25, 0.3) is 16.7 Å². The normalized spacial score (nSPS) is 14.8. The Labute approximate surface area is 157 Å². The highest BCUT2D eigenvalue weighted by Crippen LogP contribution is 2.29. The van der Waals surface area contributed by atoms with Gasteiger partial charge in [-0.15, -0.1) is 0 Å². The van der Waals surface area contributed by atoms with E-state index in [-0.39, 0.29) is 0 Å². The predicted octanol–water partition coefficient (Wildman–Crippen LogP) is 3.74. The van der Waals surface area contributed by atoms with Gasteiger partial charge in [-0.05, 0) is 31.0 Å². The molecule has 0 bridgehead atoms. The molecule has 4 aromatic rings. The van der Waals surface area contributed by atoms with Crippen LogP contribution in [0.4, 0.5) is 5.82 Å². The van der Waals surface area contributed by atoms with E-state index in [0.717, 1.165) is 28.2 Å². The fraction of sp³-hybridized carbons (Fsp3) is 0.300. The van der Waals surface area contributed by atoms with E-state index in [0.29, 0.717) is 12.6 Å². The average Bonchev–Trinajstić information content (AvgIpc) is 3.47. The Hall–Kier alpha value is -3.22. The predicted molar refractivity (Wildman–Crippen MR) is 104 cm³/mol. The largest absolute Gasteiger partial charge is 0.364 e. The van der Waals surface area contributed by atoms with Gasteiger partial charge in [0.05, 0.1) is 35.6 Å². The van der Waals surface area contributed by atoms with Gasteiger partial charge in [0, 0.05) is 6.20 Å². The van der Waals surface area contributed by atoms with Gasteiger partial charge in [0.2, 0.25) is 0 Å². The van der Waals surface area contributed by atoms with Gasteiger partial charge in [-0.3, -0.25) is 4.68 Å². The second-order valence-electron chi connectivity index (χ2n) is 6.93. The fourth-order valence-corrected chi connectivity index (χ4v) is 3.76. The summed E-state index contributed by atoms with van der Waals surface area (Å²) in [6.45, 7) is 0.627. The molecule has 3 heterocycles. The number of para-hydroxylation sites is 1. The number of rotatable bonds is 5. The second-order valence-corrected chi connectivity index (χ2v) is 6.93. The minimum absolute atomic E-state index is 0.564. The van der Waals surface area contributed by atoms with Crippen LogP contribution in [0, 0.1) is 0 Å². The van der Waals surface area contributed by atoms with E-state index < -0.39 is 0 Å². The molecule has 136 valence electrons. The lowest BCUT2D eigenvalue weighted by atomic mass is 10.3. The lowest BCUT2D eigenvalue weighted by Gasteiger charge is -2.09. The highest BCUT2D eigenvalue weighted by atomic mass is 15.3. The van der Waals surface area contributed by atoms with Crippen molar-refractivity contribution in [2.45, 2.75) is 38.3 Å². The maximum Gasteiger partial charge on any atom is 0.168 e. The molecule has 0 atom stereocenters. The van der Waals surface area contributed by atoms with Crippen molar-refractivity contribution in [1.29, 1.82) is 0 Å². The molecule has 27 heavy (non-hydrogen) atoms. The van der Waals surface area contributed by atoms with Crippen LogP contribution >= 0.6 is 0 Å². The van der Waals surface area contributed by atoms with Crippen LogP contribution < -0.4 is 5.32 Å². The van der Waals surface area contributed by atoms with Crippen LogP contribution in [0.2, 0.25) is 0 Å². The molecular weight excluding hydrogens is 338 g/mol. The van der Waals surface area contributed by atoms with E-state index in [2.05, 4.69) is 37.3 Å². The van der Waals surface area contributed by atoms with E-state index in [1.807, 2.05) is 41.2 Å². The quantitative estimate of drug-likeness (QED) is 0.588. The Morgan fingerprint density at radius 1 is 1.04 bits per heavy atom. The monoisotopic (exact) mass is 359 g/mol. The summed E-state index contributed by atoms with van der Waals surface area (Å²) in [4.78, 5) is 8.82. The lowest BCUT2D eigenvalue weighted by Crippen LogP contribution is -2.08. The highest BCUT2D eigenvalue weighted by molar-refractivity contribution is 5.87. The van der Waals surface area contributed by atoms with Crippen molar-refractivity contribution in [1.82, 2.24) is 29.5 Å². The molecule has 0 saturated heterocycles. The Balaban J connectivity index is 1.37. The van der Waals surface area contributed by atoms with Crippen molar-refractivity contribution in [3.63, 3.8) is 0 Å². The zero-order valence-electron chi connectivity index (χ0n) is 15.0. The first-order valence-electron chi connectivity index (χ1n) is 9.40. The van der Waals surface area contributed by atoms with Gasteiger partial charge in [-0.1, -0.05) is 31.0 Å². The molecule has 7 nitrogen and oxygen atoms in total. The van der Waals surface area contributed by atoms with Crippen molar-refractivity contribution in [3.05, 3.63) is 60.8 Å². The Bertz CT molecular complexity index is 1040. The Kier molecular flexibility index (Phi) is 4.04. The molecule has 0 radical (unpaired) electrons. The summed E-state index contributed by atoms with van der Waals surface area (Å²) in [5.41, 5.74) is 2.78. The molecule has 1 fully saturated rings.